The number of anilines is 2. The van der Waals surface area contributed by atoms with Gasteiger partial charge in [-0.15, -0.1) is 0 Å². The Hall–Kier alpha value is -1.46. The highest BCUT2D eigenvalue weighted by Crippen LogP contribution is 2.29. The lowest BCUT2D eigenvalue weighted by molar-refractivity contribution is -0.119. The first kappa shape index (κ1) is 15.9. The van der Waals surface area contributed by atoms with Crippen LogP contribution in [0.5, 0.6) is 0 Å². The quantitative estimate of drug-likeness (QED) is 0.845. The van der Waals surface area contributed by atoms with Crippen molar-refractivity contribution in [2.75, 3.05) is 49.6 Å². The smallest absolute Gasteiger partial charge is 0.239 e. The van der Waals surface area contributed by atoms with Crippen molar-refractivity contribution in [3.8, 4) is 0 Å². The number of nitrogens with zero attached hydrogens (tertiary/aromatic N) is 1. The lowest BCUT2D eigenvalue weighted by Gasteiger charge is -2.30. The largest absolute Gasteiger partial charge is 0.378 e. The summed E-state index contributed by atoms with van der Waals surface area (Å²) in [6, 6.07) is 5.72. The Kier molecular flexibility index (Phi) is 6.14. The highest BCUT2D eigenvalue weighted by Gasteiger charge is 2.15. The first-order chi connectivity index (χ1) is 10.2. The van der Waals surface area contributed by atoms with Gasteiger partial charge in [0.25, 0.3) is 0 Å². The van der Waals surface area contributed by atoms with Crippen molar-refractivity contribution >= 4 is 28.9 Å². The minimum absolute atomic E-state index is 0.00949. The number of hydrogen-bond donors (Lipinski definition) is 2. The van der Waals surface area contributed by atoms with E-state index in [1.807, 2.05) is 25.1 Å². The van der Waals surface area contributed by atoms with E-state index in [1.54, 1.807) is 0 Å². The highest BCUT2D eigenvalue weighted by molar-refractivity contribution is 6.31. The predicted octanol–water partition coefficient (Wildman–Crippen LogP) is 2.11. The number of carbonyl (C=O) groups excluding carboxylic acids is 1. The Balaban J connectivity index is 2.02. The number of hydrogen-bond acceptors (Lipinski definition) is 4. The fourth-order valence-corrected chi connectivity index (χ4v) is 2.40. The molecule has 5 nitrogen and oxygen atoms in total. The Morgan fingerprint density at radius 1 is 1.38 bits per heavy atom. The zero-order valence-electron chi connectivity index (χ0n) is 12.3. The van der Waals surface area contributed by atoms with E-state index in [1.165, 1.54) is 0 Å². The molecule has 2 rings (SSSR count). The van der Waals surface area contributed by atoms with E-state index in [9.17, 15) is 4.79 Å². The zero-order chi connectivity index (χ0) is 15.1. The van der Waals surface area contributed by atoms with Crippen molar-refractivity contribution in [2.24, 2.45) is 0 Å². The lowest BCUT2D eigenvalue weighted by atomic mass is 10.2. The molecular weight excluding hydrogens is 290 g/mol. The van der Waals surface area contributed by atoms with Crippen LogP contribution in [0.2, 0.25) is 5.02 Å². The maximum Gasteiger partial charge on any atom is 0.239 e. The summed E-state index contributed by atoms with van der Waals surface area (Å²) in [6.07, 6.45) is 0.932. The Bertz CT molecular complexity index is 476. The van der Waals surface area contributed by atoms with Gasteiger partial charge in [-0.25, -0.2) is 0 Å². The molecule has 21 heavy (non-hydrogen) atoms. The number of morpholine rings is 1. The van der Waals surface area contributed by atoms with Gasteiger partial charge in [0.1, 0.15) is 0 Å². The van der Waals surface area contributed by atoms with Gasteiger partial charge in [0.15, 0.2) is 0 Å². The average molecular weight is 312 g/mol. The molecule has 1 aromatic rings. The van der Waals surface area contributed by atoms with Crippen LogP contribution in [-0.2, 0) is 9.53 Å². The van der Waals surface area contributed by atoms with Crippen molar-refractivity contribution in [3.63, 3.8) is 0 Å². The van der Waals surface area contributed by atoms with Gasteiger partial charge in [0.2, 0.25) is 5.91 Å². The number of rotatable bonds is 6. The van der Waals surface area contributed by atoms with Crippen molar-refractivity contribution in [1.29, 1.82) is 0 Å². The fourth-order valence-electron chi connectivity index (χ4n) is 2.23. The summed E-state index contributed by atoms with van der Waals surface area (Å²) >= 11 is 6.07. The summed E-state index contributed by atoms with van der Waals surface area (Å²) < 4.78 is 5.38. The predicted molar refractivity (Wildman–Crippen MR) is 86.3 cm³/mol. The van der Waals surface area contributed by atoms with Crippen LogP contribution in [0.1, 0.15) is 13.3 Å². The topological polar surface area (TPSA) is 53.6 Å². The summed E-state index contributed by atoms with van der Waals surface area (Å²) in [7, 11) is 0. The molecule has 0 atom stereocenters. The van der Waals surface area contributed by atoms with E-state index >= 15 is 0 Å². The number of amides is 1. The van der Waals surface area contributed by atoms with Gasteiger partial charge in [-0.2, -0.15) is 0 Å². The molecule has 0 saturated carbocycles. The molecule has 116 valence electrons. The lowest BCUT2D eigenvalue weighted by Crippen LogP contribution is -2.37. The first-order valence-corrected chi connectivity index (χ1v) is 7.71. The molecular formula is C15H22ClN3O2. The SMILES string of the molecule is CCCNC(=O)CNc1cc(Cl)ccc1N1CCOCC1. The standard InChI is InChI=1S/C15H22ClN3O2/c1-2-5-17-15(20)11-18-13-10-12(16)3-4-14(13)19-6-8-21-9-7-19/h3-4,10,18H,2,5-9,11H2,1H3,(H,17,20). The molecule has 1 aromatic carbocycles. The summed E-state index contributed by atoms with van der Waals surface area (Å²) in [4.78, 5) is 13.9. The van der Waals surface area contributed by atoms with E-state index in [0.717, 1.165) is 44.1 Å². The molecule has 1 aliphatic rings. The van der Waals surface area contributed by atoms with Crippen LogP contribution < -0.4 is 15.5 Å². The molecule has 1 heterocycles. The van der Waals surface area contributed by atoms with E-state index in [4.69, 9.17) is 16.3 Å². The number of halogens is 1. The molecule has 0 unspecified atom stereocenters. The minimum Gasteiger partial charge on any atom is -0.378 e. The molecule has 2 N–H and O–H groups in total. The molecule has 0 radical (unpaired) electrons. The molecule has 0 spiro atoms. The second-order valence-electron chi connectivity index (χ2n) is 4.96. The number of nitrogens with one attached hydrogen (secondary N) is 2. The highest BCUT2D eigenvalue weighted by atomic mass is 35.5. The van der Waals surface area contributed by atoms with Crippen LogP contribution in [0.25, 0.3) is 0 Å². The third-order valence-corrected chi connectivity index (χ3v) is 3.56. The first-order valence-electron chi connectivity index (χ1n) is 7.33. The third kappa shape index (κ3) is 4.79. The van der Waals surface area contributed by atoms with Crippen LogP contribution in [0.4, 0.5) is 11.4 Å². The van der Waals surface area contributed by atoms with E-state index in [2.05, 4.69) is 15.5 Å². The molecule has 0 aliphatic carbocycles. The van der Waals surface area contributed by atoms with Gasteiger partial charge in [-0.1, -0.05) is 18.5 Å². The zero-order valence-corrected chi connectivity index (χ0v) is 13.1. The van der Waals surface area contributed by atoms with Crippen LogP contribution in [-0.4, -0.2) is 45.3 Å². The Labute approximate surface area is 130 Å². The number of benzene rings is 1. The summed E-state index contributed by atoms with van der Waals surface area (Å²) in [5, 5.41) is 6.69. The van der Waals surface area contributed by atoms with Crippen molar-refractivity contribution in [3.05, 3.63) is 23.2 Å². The second kappa shape index (κ2) is 8.10. The summed E-state index contributed by atoms with van der Waals surface area (Å²) in [6.45, 7) is 6.11. The van der Waals surface area contributed by atoms with Crippen LogP contribution in [0.3, 0.4) is 0 Å². The Morgan fingerprint density at radius 3 is 2.86 bits per heavy atom. The molecule has 1 amide bonds. The number of carbonyl (C=O) groups is 1. The van der Waals surface area contributed by atoms with E-state index in [-0.39, 0.29) is 12.5 Å². The minimum atomic E-state index is -0.00949. The van der Waals surface area contributed by atoms with Crippen LogP contribution in [0, 0.1) is 0 Å². The summed E-state index contributed by atoms with van der Waals surface area (Å²) in [5.41, 5.74) is 1.95. The molecule has 0 aromatic heterocycles. The monoisotopic (exact) mass is 311 g/mol. The van der Waals surface area contributed by atoms with Crippen molar-refractivity contribution < 1.29 is 9.53 Å². The fraction of sp³-hybridized carbons (Fsp3) is 0.533. The summed E-state index contributed by atoms with van der Waals surface area (Å²) in [5.74, 6) is -0.00949. The number of ether oxygens (including phenoxy) is 1. The normalized spacial score (nSPS) is 14.9. The van der Waals surface area contributed by atoms with Crippen molar-refractivity contribution in [1.82, 2.24) is 5.32 Å². The van der Waals surface area contributed by atoms with E-state index in [0.29, 0.717) is 11.6 Å². The molecule has 6 heteroatoms. The van der Waals surface area contributed by atoms with Gasteiger partial charge < -0.3 is 20.3 Å². The molecule has 1 aliphatic heterocycles. The average Bonchev–Trinajstić information content (AvgIpc) is 2.52. The third-order valence-electron chi connectivity index (χ3n) is 3.32. The van der Waals surface area contributed by atoms with Crippen molar-refractivity contribution in [2.45, 2.75) is 13.3 Å². The van der Waals surface area contributed by atoms with Crippen LogP contribution in [0.15, 0.2) is 18.2 Å². The second-order valence-corrected chi connectivity index (χ2v) is 5.40. The van der Waals surface area contributed by atoms with E-state index < -0.39 is 0 Å². The maximum absolute atomic E-state index is 11.7. The van der Waals surface area contributed by atoms with Gasteiger partial charge in [-0.05, 0) is 24.6 Å². The Morgan fingerprint density at radius 2 is 2.14 bits per heavy atom. The van der Waals surface area contributed by atoms with Gasteiger partial charge >= 0.3 is 0 Å². The molecule has 1 saturated heterocycles. The van der Waals surface area contributed by atoms with Gasteiger partial charge in [0.05, 0.1) is 31.1 Å². The maximum atomic E-state index is 11.7. The van der Waals surface area contributed by atoms with Gasteiger partial charge in [-0.3, -0.25) is 4.79 Å². The molecule has 1 fully saturated rings. The molecule has 0 bridgehead atoms. The van der Waals surface area contributed by atoms with Gasteiger partial charge in [0, 0.05) is 24.7 Å². The van der Waals surface area contributed by atoms with Crippen LogP contribution >= 0.6 is 11.6 Å².